The average molecular weight is 240 g/mol. The van der Waals surface area contributed by atoms with Crippen LogP contribution in [0.4, 0.5) is 0 Å². The van der Waals surface area contributed by atoms with Crippen molar-refractivity contribution in [2.45, 2.75) is 6.92 Å². The summed E-state index contributed by atoms with van der Waals surface area (Å²) >= 11 is 6.11. The lowest BCUT2D eigenvalue weighted by Gasteiger charge is -2.07. The largest absolute Gasteiger partial charge is 0.466 e. The molecule has 86 valence electrons. The molecule has 0 spiro atoms. The second kappa shape index (κ2) is 4.36. The first-order valence-corrected chi connectivity index (χ1v) is 5.38. The van der Waals surface area contributed by atoms with Gasteiger partial charge in [0.05, 0.1) is 10.5 Å². The zero-order valence-corrected chi connectivity index (χ0v) is 10.3. The van der Waals surface area contributed by atoms with Crippen LogP contribution in [0.5, 0.6) is 5.75 Å². The van der Waals surface area contributed by atoms with Crippen LogP contribution in [0.1, 0.15) is 5.69 Å². The Balaban J connectivity index is 2.51. The van der Waals surface area contributed by atoms with Crippen LogP contribution < -0.4 is 4.74 Å². The summed E-state index contributed by atoms with van der Waals surface area (Å²) in [5.74, 6) is 0.650. The highest BCUT2D eigenvalue weighted by molar-refractivity contribution is 6.32. The van der Waals surface area contributed by atoms with Gasteiger partial charge in [0, 0.05) is 31.3 Å². The van der Waals surface area contributed by atoms with E-state index >= 15 is 0 Å². The Labute approximate surface area is 99.5 Å². The molecule has 0 fully saturated rings. The van der Waals surface area contributed by atoms with Gasteiger partial charge >= 0.3 is 0 Å². The van der Waals surface area contributed by atoms with Crippen LogP contribution in [0.2, 0.25) is 5.02 Å². The number of methoxy groups -OCH3 is 1. The number of aryl methyl sites for hydroxylation is 2. The van der Waals surface area contributed by atoms with E-state index in [0.717, 1.165) is 10.9 Å². The monoisotopic (exact) mass is 239 g/mol. The zero-order valence-electron chi connectivity index (χ0n) is 9.58. The van der Waals surface area contributed by atoms with Crippen LogP contribution in [0.3, 0.4) is 0 Å². The molecule has 2 aromatic rings. The van der Waals surface area contributed by atoms with Crippen LogP contribution >= 0.6 is 11.6 Å². The molecular formula is C12H14ClNO2. The van der Waals surface area contributed by atoms with Crippen LogP contribution in [0.25, 0.3) is 10.9 Å². The number of rotatable bonds is 3. The Morgan fingerprint density at radius 2 is 2.06 bits per heavy atom. The highest BCUT2D eigenvalue weighted by atomic mass is 35.5. The minimum Gasteiger partial charge on any atom is -0.466 e. The van der Waals surface area contributed by atoms with Gasteiger partial charge in [-0.15, -0.1) is 0 Å². The van der Waals surface area contributed by atoms with E-state index in [0.29, 0.717) is 10.8 Å². The van der Waals surface area contributed by atoms with Crippen molar-refractivity contribution < 1.29 is 9.47 Å². The molecule has 16 heavy (non-hydrogen) atoms. The SMILES string of the molecule is COCOc1cc2c(cc1Cl)cc(C)n2C. The lowest BCUT2D eigenvalue weighted by atomic mass is 10.2. The van der Waals surface area contributed by atoms with Gasteiger partial charge in [-0.1, -0.05) is 11.6 Å². The third-order valence-corrected chi connectivity index (χ3v) is 2.96. The number of ether oxygens (including phenoxy) is 2. The molecule has 3 nitrogen and oxygen atoms in total. The quantitative estimate of drug-likeness (QED) is 0.769. The van der Waals surface area contributed by atoms with Crippen molar-refractivity contribution in [3.05, 3.63) is 28.9 Å². The molecule has 0 radical (unpaired) electrons. The van der Waals surface area contributed by atoms with Gasteiger partial charge < -0.3 is 14.0 Å². The Morgan fingerprint density at radius 1 is 1.31 bits per heavy atom. The second-order valence-electron chi connectivity index (χ2n) is 3.74. The Bertz CT molecular complexity index is 519. The number of benzene rings is 1. The van der Waals surface area contributed by atoms with Crippen LogP contribution in [-0.4, -0.2) is 18.5 Å². The maximum atomic E-state index is 6.11. The molecule has 1 heterocycles. The minimum atomic E-state index is 0.203. The second-order valence-corrected chi connectivity index (χ2v) is 4.14. The predicted octanol–water partition coefficient (Wildman–Crippen LogP) is 3.12. The summed E-state index contributed by atoms with van der Waals surface area (Å²) in [6.45, 7) is 2.26. The first-order chi connectivity index (χ1) is 7.63. The topological polar surface area (TPSA) is 23.4 Å². The van der Waals surface area contributed by atoms with Crippen LogP contribution in [0.15, 0.2) is 18.2 Å². The molecule has 1 aromatic carbocycles. The number of hydrogen-bond donors (Lipinski definition) is 0. The number of halogens is 1. The van der Waals surface area contributed by atoms with Gasteiger partial charge in [0.25, 0.3) is 0 Å². The first-order valence-electron chi connectivity index (χ1n) is 5.01. The number of hydrogen-bond acceptors (Lipinski definition) is 2. The molecule has 0 aliphatic carbocycles. The van der Waals surface area contributed by atoms with Crippen LogP contribution in [-0.2, 0) is 11.8 Å². The van der Waals surface area contributed by atoms with E-state index in [1.165, 1.54) is 5.69 Å². The van der Waals surface area contributed by atoms with Crippen LogP contribution in [0, 0.1) is 6.92 Å². The van der Waals surface area contributed by atoms with E-state index in [1.807, 2.05) is 19.2 Å². The summed E-state index contributed by atoms with van der Waals surface area (Å²) in [6, 6.07) is 5.94. The fraction of sp³-hybridized carbons (Fsp3) is 0.333. The van der Waals surface area contributed by atoms with E-state index in [1.54, 1.807) is 7.11 Å². The van der Waals surface area contributed by atoms with Gasteiger partial charge in [0.15, 0.2) is 6.79 Å². The molecule has 0 aliphatic heterocycles. The van der Waals surface area contributed by atoms with Crippen molar-refractivity contribution in [3.63, 3.8) is 0 Å². The molecule has 0 unspecified atom stereocenters. The van der Waals surface area contributed by atoms with Crippen molar-refractivity contribution in [1.29, 1.82) is 0 Å². The van der Waals surface area contributed by atoms with Crippen molar-refractivity contribution in [2.75, 3.05) is 13.9 Å². The molecular weight excluding hydrogens is 226 g/mol. The van der Waals surface area contributed by atoms with Gasteiger partial charge in [-0.3, -0.25) is 0 Å². The summed E-state index contributed by atoms with van der Waals surface area (Å²) in [5, 5.41) is 1.73. The number of aromatic nitrogens is 1. The molecule has 0 aliphatic rings. The Hall–Kier alpha value is -1.19. The molecule has 0 bridgehead atoms. The third-order valence-electron chi connectivity index (χ3n) is 2.67. The summed E-state index contributed by atoms with van der Waals surface area (Å²) < 4.78 is 12.4. The summed E-state index contributed by atoms with van der Waals surface area (Å²) in [7, 11) is 3.60. The highest BCUT2D eigenvalue weighted by Gasteiger charge is 2.08. The number of nitrogens with zero attached hydrogens (tertiary/aromatic N) is 1. The van der Waals surface area contributed by atoms with E-state index in [4.69, 9.17) is 21.1 Å². The third kappa shape index (κ3) is 1.88. The van der Waals surface area contributed by atoms with Gasteiger partial charge in [-0.25, -0.2) is 0 Å². The minimum absolute atomic E-state index is 0.203. The Kier molecular flexibility index (Phi) is 3.08. The molecule has 4 heteroatoms. The molecule has 0 atom stereocenters. The standard InChI is InChI=1S/C12H14ClNO2/c1-8-4-9-5-10(13)12(16-7-15-3)6-11(9)14(8)2/h4-6H,7H2,1-3H3. The lowest BCUT2D eigenvalue weighted by molar-refractivity contribution is 0.0513. The summed E-state index contributed by atoms with van der Waals surface area (Å²) in [5.41, 5.74) is 2.29. The first kappa shape index (κ1) is 11.3. The van der Waals surface area contributed by atoms with E-state index < -0.39 is 0 Å². The van der Waals surface area contributed by atoms with Crippen molar-refractivity contribution in [1.82, 2.24) is 4.57 Å². The van der Waals surface area contributed by atoms with E-state index in [9.17, 15) is 0 Å². The zero-order chi connectivity index (χ0) is 11.7. The molecule has 0 saturated carbocycles. The summed E-state index contributed by atoms with van der Waals surface area (Å²) in [6.07, 6.45) is 0. The smallest absolute Gasteiger partial charge is 0.188 e. The van der Waals surface area contributed by atoms with Gasteiger partial charge in [-0.05, 0) is 19.1 Å². The predicted molar refractivity (Wildman–Crippen MR) is 65.2 cm³/mol. The molecule has 0 saturated heterocycles. The average Bonchev–Trinajstić information content (AvgIpc) is 2.52. The van der Waals surface area contributed by atoms with Crippen molar-refractivity contribution >= 4 is 22.5 Å². The van der Waals surface area contributed by atoms with Gasteiger partial charge in [0.2, 0.25) is 0 Å². The van der Waals surface area contributed by atoms with Crippen molar-refractivity contribution in [3.8, 4) is 5.75 Å². The molecule has 2 rings (SSSR count). The maximum absolute atomic E-state index is 6.11. The van der Waals surface area contributed by atoms with E-state index in [-0.39, 0.29) is 6.79 Å². The fourth-order valence-electron chi connectivity index (χ4n) is 1.71. The highest BCUT2D eigenvalue weighted by Crippen LogP contribution is 2.31. The maximum Gasteiger partial charge on any atom is 0.188 e. The van der Waals surface area contributed by atoms with Crippen molar-refractivity contribution in [2.24, 2.45) is 7.05 Å². The van der Waals surface area contributed by atoms with Gasteiger partial charge in [-0.2, -0.15) is 0 Å². The fourth-order valence-corrected chi connectivity index (χ4v) is 1.94. The molecule has 0 N–H and O–H groups in total. The van der Waals surface area contributed by atoms with Gasteiger partial charge in [0.1, 0.15) is 5.75 Å². The molecule has 0 amide bonds. The molecule has 1 aromatic heterocycles. The lowest BCUT2D eigenvalue weighted by Crippen LogP contribution is -1.99. The normalized spacial score (nSPS) is 11.0. The number of fused-ring (bicyclic) bond motifs is 1. The summed E-state index contributed by atoms with van der Waals surface area (Å²) in [4.78, 5) is 0. The Morgan fingerprint density at radius 3 is 2.75 bits per heavy atom. The van der Waals surface area contributed by atoms with E-state index in [2.05, 4.69) is 17.6 Å².